The Balaban J connectivity index is 1.99. The summed E-state index contributed by atoms with van der Waals surface area (Å²) in [6.45, 7) is 0. The van der Waals surface area contributed by atoms with Gasteiger partial charge in [0.15, 0.2) is 0 Å². The maximum Gasteiger partial charge on any atom is 0.352 e. The van der Waals surface area contributed by atoms with Crippen molar-refractivity contribution in [2.75, 3.05) is 7.11 Å². The van der Waals surface area contributed by atoms with E-state index >= 15 is 0 Å². The minimum absolute atomic E-state index is 0.181. The number of methoxy groups -OCH3 is 1. The summed E-state index contributed by atoms with van der Waals surface area (Å²) in [4.78, 5) is 32.8. The molecule has 0 radical (unpaired) electrons. The van der Waals surface area contributed by atoms with Crippen LogP contribution in [0.3, 0.4) is 0 Å². The van der Waals surface area contributed by atoms with Crippen molar-refractivity contribution in [2.24, 2.45) is 0 Å². The fourth-order valence-corrected chi connectivity index (χ4v) is 2.92. The van der Waals surface area contributed by atoms with Gasteiger partial charge in [0.05, 0.1) is 12.7 Å². The van der Waals surface area contributed by atoms with Crippen LogP contribution in [-0.4, -0.2) is 29.0 Å². The van der Waals surface area contributed by atoms with Gasteiger partial charge in [-0.25, -0.2) is 9.59 Å². The third kappa shape index (κ3) is 3.61. The topological polar surface area (TPSA) is 78.4 Å². The first-order chi connectivity index (χ1) is 12.5. The van der Waals surface area contributed by atoms with E-state index in [9.17, 15) is 9.59 Å². The van der Waals surface area contributed by atoms with E-state index in [4.69, 9.17) is 32.7 Å². The standard InChI is InChI=1S/C18H12Cl2N2O4/c1-25-18(24)16(13-3-2-11(19)6-15(13)20)26-17(23)14-9-22-8-10-7-21-5-4-12(10)14/h2-9,16H,1H3. The van der Waals surface area contributed by atoms with Gasteiger partial charge in [-0.2, -0.15) is 0 Å². The minimum Gasteiger partial charge on any atom is -0.466 e. The molecule has 26 heavy (non-hydrogen) atoms. The Morgan fingerprint density at radius 1 is 1.08 bits per heavy atom. The number of hydrogen-bond donors (Lipinski definition) is 0. The van der Waals surface area contributed by atoms with Crippen molar-refractivity contribution in [1.29, 1.82) is 0 Å². The highest BCUT2D eigenvalue weighted by Gasteiger charge is 2.29. The zero-order valence-electron chi connectivity index (χ0n) is 13.5. The molecule has 1 atom stereocenters. The quantitative estimate of drug-likeness (QED) is 0.626. The number of carbonyl (C=O) groups excluding carboxylic acids is 2. The number of pyridine rings is 2. The molecule has 3 aromatic rings. The molecule has 0 aliphatic heterocycles. The van der Waals surface area contributed by atoms with Crippen molar-refractivity contribution in [1.82, 2.24) is 9.97 Å². The van der Waals surface area contributed by atoms with Crippen LogP contribution in [0.15, 0.2) is 49.1 Å². The second-order valence-electron chi connectivity index (χ2n) is 5.26. The molecule has 6 nitrogen and oxygen atoms in total. The van der Waals surface area contributed by atoms with E-state index < -0.39 is 18.0 Å². The van der Waals surface area contributed by atoms with Crippen LogP contribution < -0.4 is 0 Å². The largest absolute Gasteiger partial charge is 0.466 e. The molecule has 0 saturated carbocycles. The summed E-state index contributed by atoms with van der Waals surface area (Å²) in [5, 5.41) is 1.84. The maximum atomic E-state index is 12.7. The number of hydrogen-bond acceptors (Lipinski definition) is 6. The van der Waals surface area contributed by atoms with Crippen LogP contribution >= 0.6 is 23.2 Å². The number of esters is 2. The molecule has 2 aromatic heterocycles. The van der Waals surface area contributed by atoms with Gasteiger partial charge < -0.3 is 9.47 Å². The first-order valence-corrected chi connectivity index (χ1v) is 8.18. The lowest BCUT2D eigenvalue weighted by atomic mass is 10.1. The molecule has 0 aliphatic rings. The Morgan fingerprint density at radius 3 is 2.58 bits per heavy atom. The van der Waals surface area contributed by atoms with Crippen LogP contribution in [0.2, 0.25) is 10.0 Å². The lowest BCUT2D eigenvalue weighted by Gasteiger charge is -2.17. The molecule has 8 heteroatoms. The van der Waals surface area contributed by atoms with E-state index in [1.54, 1.807) is 24.7 Å². The number of benzene rings is 1. The zero-order valence-corrected chi connectivity index (χ0v) is 15.0. The molecule has 0 bridgehead atoms. The van der Waals surface area contributed by atoms with Gasteiger partial charge in [0.1, 0.15) is 0 Å². The summed E-state index contributed by atoms with van der Waals surface area (Å²) in [7, 11) is 1.19. The van der Waals surface area contributed by atoms with Crippen LogP contribution in [0.1, 0.15) is 22.0 Å². The number of rotatable bonds is 4. The first kappa shape index (κ1) is 18.1. The fourth-order valence-electron chi connectivity index (χ4n) is 2.41. The van der Waals surface area contributed by atoms with Crippen LogP contribution in [-0.2, 0) is 14.3 Å². The lowest BCUT2D eigenvalue weighted by molar-refractivity contribution is -0.151. The van der Waals surface area contributed by atoms with E-state index in [-0.39, 0.29) is 16.1 Å². The van der Waals surface area contributed by atoms with E-state index in [1.807, 2.05) is 0 Å². The fraction of sp³-hybridized carbons (Fsp3) is 0.111. The number of fused-ring (bicyclic) bond motifs is 1. The molecule has 0 saturated heterocycles. The molecule has 1 unspecified atom stereocenters. The number of ether oxygens (including phenoxy) is 2. The zero-order chi connectivity index (χ0) is 18.7. The molecule has 1 aromatic carbocycles. The predicted octanol–water partition coefficient (Wildman–Crippen LogP) is 4.01. The minimum atomic E-state index is -1.34. The van der Waals surface area contributed by atoms with Gasteiger partial charge in [0.2, 0.25) is 6.10 Å². The van der Waals surface area contributed by atoms with E-state index in [1.165, 1.54) is 31.5 Å². The summed E-state index contributed by atoms with van der Waals surface area (Å²) in [5.74, 6) is -1.51. The smallest absolute Gasteiger partial charge is 0.352 e. The summed E-state index contributed by atoms with van der Waals surface area (Å²) < 4.78 is 10.1. The molecule has 0 fully saturated rings. The Hall–Kier alpha value is -2.70. The molecule has 132 valence electrons. The number of aromatic nitrogens is 2. The van der Waals surface area contributed by atoms with E-state index in [0.29, 0.717) is 15.8 Å². The molecule has 0 N–H and O–H groups in total. The van der Waals surface area contributed by atoms with Crippen molar-refractivity contribution in [2.45, 2.75) is 6.10 Å². The van der Waals surface area contributed by atoms with Crippen LogP contribution in [0, 0.1) is 0 Å². The van der Waals surface area contributed by atoms with Crippen molar-refractivity contribution in [3.8, 4) is 0 Å². The van der Waals surface area contributed by atoms with E-state index in [0.717, 1.165) is 0 Å². The predicted molar refractivity (Wildman–Crippen MR) is 96.2 cm³/mol. The third-order valence-corrected chi connectivity index (χ3v) is 4.23. The van der Waals surface area contributed by atoms with Crippen LogP contribution in [0.4, 0.5) is 0 Å². The van der Waals surface area contributed by atoms with Gasteiger partial charge in [-0.05, 0) is 18.2 Å². The number of halogens is 2. The van der Waals surface area contributed by atoms with Crippen LogP contribution in [0.25, 0.3) is 10.8 Å². The summed E-state index contributed by atoms with van der Waals surface area (Å²) in [6.07, 6.45) is 4.73. The number of carbonyl (C=O) groups is 2. The summed E-state index contributed by atoms with van der Waals surface area (Å²) >= 11 is 12.0. The molecule has 3 rings (SSSR count). The SMILES string of the molecule is COC(=O)C(OC(=O)c1cncc2cnccc12)c1ccc(Cl)cc1Cl. The van der Waals surface area contributed by atoms with Crippen molar-refractivity contribution < 1.29 is 19.1 Å². The average Bonchev–Trinajstić information content (AvgIpc) is 2.65. The molecule has 0 spiro atoms. The Morgan fingerprint density at radius 2 is 1.85 bits per heavy atom. The van der Waals surface area contributed by atoms with Crippen molar-refractivity contribution >= 4 is 45.9 Å². The van der Waals surface area contributed by atoms with Gasteiger partial charge in [-0.15, -0.1) is 0 Å². The van der Waals surface area contributed by atoms with Crippen LogP contribution in [0.5, 0.6) is 0 Å². The maximum absolute atomic E-state index is 12.7. The Bertz CT molecular complexity index is 989. The molecule has 0 aliphatic carbocycles. The summed E-state index contributed by atoms with van der Waals surface area (Å²) in [5.41, 5.74) is 0.468. The second kappa shape index (κ2) is 7.68. The highest BCUT2D eigenvalue weighted by atomic mass is 35.5. The second-order valence-corrected chi connectivity index (χ2v) is 6.10. The highest BCUT2D eigenvalue weighted by Crippen LogP contribution is 2.30. The molecule has 0 amide bonds. The first-order valence-electron chi connectivity index (χ1n) is 7.42. The van der Waals surface area contributed by atoms with Crippen molar-refractivity contribution in [3.63, 3.8) is 0 Å². The molecule has 2 heterocycles. The van der Waals surface area contributed by atoms with Gasteiger partial charge in [-0.3, -0.25) is 9.97 Å². The third-order valence-electron chi connectivity index (χ3n) is 3.66. The van der Waals surface area contributed by atoms with E-state index in [2.05, 4.69) is 9.97 Å². The molecular formula is C18H12Cl2N2O4. The lowest BCUT2D eigenvalue weighted by Crippen LogP contribution is -2.21. The molecular weight excluding hydrogens is 379 g/mol. The van der Waals surface area contributed by atoms with Gasteiger partial charge in [0.25, 0.3) is 0 Å². The Kier molecular flexibility index (Phi) is 5.35. The monoisotopic (exact) mass is 390 g/mol. The van der Waals surface area contributed by atoms with Gasteiger partial charge in [-0.1, -0.05) is 29.3 Å². The number of nitrogens with zero attached hydrogens (tertiary/aromatic N) is 2. The Labute approximate surface area is 158 Å². The average molecular weight is 391 g/mol. The van der Waals surface area contributed by atoms with Gasteiger partial charge >= 0.3 is 11.9 Å². The highest BCUT2D eigenvalue weighted by molar-refractivity contribution is 6.35. The summed E-state index contributed by atoms with van der Waals surface area (Å²) in [6, 6.07) is 6.16. The normalized spacial score (nSPS) is 11.8. The van der Waals surface area contributed by atoms with Crippen molar-refractivity contribution in [3.05, 3.63) is 70.2 Å². The van der Waals surface area contributed by atoms with Gasteiger partial charge in [0, 0.05) is 51.2 Å².